The average molecular weight is 424 g/mol. The van der Waals surface area contributed by atoms with E-state index in [2.05, 4.69) is 0 Å². The molecule has 2 aliphatic rings. The number of carboxylic acid groups (broad SMARTS) is 3. The molecule has 2 unspecified atom stereocenters. The zero-order valence-electron chi connectivity index (χ0n) is 15.4. The lowest BCUT2D eigenvalue weighted by atomic mass is 9.70. The van der Waals surface area contributed by atoms with E-state index in [4.69, 9.17) is 25.0 Å². The number of hydrogen-bond acceptors (Lipinski definition) is 7. The molecule has 0 heterocycles. The summed E-state index contributed by atoms with van der Waals surface area (Å²) in [6.07, 6.45) is -0.316. The van der Waals surface area contributed by atoms with Crippen molar-refractivity contribution in [2.45, 2.75) is 51.6 Å². The lowest BCUT2D eigenvalue weighted by Gasteiger charge is -2.35. The molecule has 0 spiro atoms. The molecule has 11 nitrogen and oxygen atoms in total. The SMILES string of the molecule is CC1(C)C2CCC1(CS(=O)(=O)O)C(=O)C2.O=C(O)CC(O)(CC(=O)O)C(=O)O. The highest BCUT2D eigenvalue weighted by Gasteiger charge is 2.65. The molecule has 0 aromatic rings. The first kappa shape index (κ1) is 24.0. The molecule has 160 valence electrons. The number of ketones is 1. The number of rotatable bonds is 7. The van der Waals surface area contributed by atoms with E-state index in [1.165, 1.54) is 0 Å². The molecule has 28 heavy (non-hydrogen) atoms. The lowest BCUT2D eigenvalue weighted by Crippen LogP contribution is -2.42. The van der Waals surface area contributed by atoms with Gasteiger partial charge in [0.25, 0.3) is 10.1 Å². The van der Waals surface area contributed by atoms with Crippen molar-refractivity contribution in [1.29, 1.82) is 0 Å². The summed E-state index contributed by atoms with van der Waals surface area (Å²) in [4.78, 5) is 42.4. The maximum atomic E-state index is 11.9. The average Bonchev–Trinajstić information content (AvgIpc) is 2.78. The smallest absolute Gasteiger partial charge is 0.336 e. The number of carboxylic acids is 3. The van der Waals surface area contributed by atoms with E-state index in [9.17, 15) is 27.6 Å². The summed E-state index contributed by atoms with van der Waals surface area (Å²) >= 11 is 0. The van der Waals surface area contributed by atoms with Gasteiger partial charge in [-0.05, 0) is 24.2 Å². The van der Waals surface area contributed by atoms with E-state index in [0.29, 0.717) is 12.8 Å². The molecule has 2 aliphatic carbocycles. The predicted octanol–water partition coefficient (Wildman–Crippen LogP) is 0.0211. The van der Waals surface area contributed by atoms with Crippen molar-refractivity contribution in [2.24, 2.45) is 16.7 Å². The van der Waals surface area contributed by atoms with Gasteiger partial charge in [-0.15, -0.1) is 0 Å². The number of carbonyl (C=O) groups is 4. The first-order valence-corrected chi connectivity index (χ1v) is 9.95. The van der Waals surface area contributed by atoms with Crippen LogP contribution in [0.1, 0.15) is 46.0 Å². The fraction of sp³-hybridized carbons (Fsp3) is 0.750. The van der Waals surface area contributed by atoms with E-state index >= 15 is 0 Å². The Bertz CT molecular complexity index is 766. The van der Waals surface area contributed by atoms with Crippen LogP contribution in [0, 0.1) is 16.7 Å². The standard InChI is InChI=1S/C10H16O4S.C6H8O7/c1-9(2)7-3-4-10(9,8(11)5-7)6-15(12,13)14;7-3(8)1-6(13,5(11)12)2-4(9)10/h7H,3-6H2,1-2H3,(H,12,13,14);13H,1-2H2,(H,7,8)(H,9,10)(H,11,12). The van der Waals surface area contributed by atoms with Gasteiger partial charge in [-0.1, -0.05) is 13.8 Å². The molecule has 12 heteroatoms. The molecule has 2 rings (SSSR count). The minimum atomic E-state index is -4.08. The molecule has 0 radical (unpaired) electrons. The van der Waals surface area contributed by atoms with Crippen molar-refractivity contribution in [3.63, 3.8) is 0 Å². The summed E-state index contributed by atoms with van der Waals surface area (Å²) in [5.41, 5.74) is -3.86. The molecule has 2 fully saturated rings. The van der Waals surface area contributed by atoms with Crippen molar-refractivity contribution in [1.82, 2.24) is 0 Å². The van der Waals surface area contributed by atoms with Crippen LogP contribution in [0.2, 0.25) is 0 Å². The van der Waals surface area contributed by atoms with Crippen LogP contribution in [0.15, 0.2) is 0 Å². The monoisotopic (exact) mass is 424 g/mol. The van der Waals surface area contributed by atoms with E-state index in [1.807, 2.05) is 13.8 Å². The first-order chi connectivity index (χ1) is 12.5. The maximum Gasteiger partial charge on any atom is 0.336 e. The Kier molecular flexibility index (Phi) is 6.65. The fourth-order valence-corrected chi connectivity index (χ4v) is 5.43. The summed E-state index contributed by atoms with van der Waals surface area (Å²) in [6, 6.07) is 0. The van der Waals surface area contributed by atoms with Crippen LogP contribution in [0.4, 0.5) is 0 Å². The normalized spacial score (nSPS) is 25.7. The Labute approximate surface area is 161 Å². The van der Waals surface area contributed by atoms with Crippen LogP contribution in [-0.2, 0) is 29.3 Å². The van der Waals surface area contributed by atoms with Crippen molar-refractivity contribution < 1.29 is 52.6 Å². The molecular weight excluding hydrogens is 400 g/mol. The first-order valence-electron chi connectivity index (χ1n) is 8.35. The van der Waals surface area contributed by atoms with Gasteiger partial charge in [-0.2, -0.15) is 8.42 Å². The highest BCUT2D eigenvalue weighted by Crippen LogP contribution is 2.64. The zero-order valence-corrected chi connectivity index (χ0v) is 16.2. The lowest BCUT2D eigenvalue weighted by molar-refractivity contribution is -0.170. The van der Waals surface area contributed by atoms with E-state index in [-0.39, 0.29) is 17.1 Å². The number of hydrogen-bond donors (Lipinski definition) is 5. The van der Waals surface area contributed by atoms with Crippen molar-refractivity contribution in [3.05, 3.63) is 0 Å². The molecule has 0 amide bonds. The van der Waals surface area contributed by atoms with Gasteiger partial charge < -0.3 is 20.4 Å². The number of carbonyl (C=O) groups excluding carboxylic acids is 1. The molecule has 5 N–H and O–H groups in total. The Balaban J connectivity index is 0.000000284. The molecule has 0 aromatic heterocycles. The number of fused-ring (bicyclic) bond motifs is 2. The third-order valence-electron chi connectivity index (χ3n) is 5.85. The van der Waals surface area contributed by atoms with Crippen molar-refractivity contribution in [3.8, 4) is 0 Å². The van der Waals surface area contributed by atoms with Crippen LogP contribution in [0.3, 0.4) is 0 Å². The number of aliphatic hydroxyl groups is 1. The van der Waals surface area contributed by atoms with Crippen molar-refractivity contribution in [2.75, 3.05) is 5.75 Å². The van der Waals surface area contributed by atoms with Crippen LogP contribution in [-0.4, -0.2) is 68.4 Å². The third kappa shape index (κ3) is 4.86. The Hall–Kier alpha value is -2.05. The zero-order chi connectivity index (χ0) is 22.1. The van der Waals surface area contributed by atoms with Crippen LogP contribution in [0.5, 0.6) is 0 Å². The molecule has 2 atom stereocenters. The molecule has 0 aromatic carbocycles. The summed E-state index contributed by atoms with van der Waals surface area (Å²) in [5.74, 6) is -5.12. The molecule has 2 saturated carbocycles. The number of Topliss-reactive ketones (excluding diaryl/α,β-unsaturated/α-hetero) is 1. The molecule has 0 saturated heterocycles. The third-order valence-corrected chi connectivity index (χ3v) is 6.71. The largest absolute Gasteiger partial charge is 0.481 e. The Morgan fingerprint density at radius 2 is 1.57 bits per heavy atom. The minimum Gasteiger partial charge on any atom is -0.481 e. The van der Waals surface area contributed by atoms with Gasteiger partial charge in [0.05, 0.1) is 24.0 Å². The predicted molar refractivity (Wildman–Crippen MR) is 92.1 cm³/mol. The van der Waals surface area contributed by atoms with Crippen LogP contribution < -0.4 is 0 Å². The quantitative estimate of drug-likeness (QED) is 0.344. The Morgan fingerprint density at radius 3 is 1.82 bits per heavy atom. The van der Waals surface area contributed by atoms with Gasteiger partial charge in [0.15, 0.2) is 5.60 Å². The van der Waals surface area contributed by atoms with E-state index in [0.717, 1.165) is 6.42 Å². The second-order valence-corrected chi connectivity index (χ2v) is 9.32. The fourth-order valence-electron chi connectivity index (χ4n) is 4.13. The number of aliphatic carboxylic acids is 3. The molecule has 2 bridgehead atoms. The summed E-state index contributed by atoms with van der Waals surface area (Å²) in [7, 11) is -4.08. The summed E-state index contributed by atoms with van der Waals surface area (Å²) in [6.45, 7) is 3.89. The van der Waals surface area contributed by atoms with Gasteiger partial charge in [-0.25, -0.2) is 4.79 Å². The second-order valence-electron chi connectivity index (χ2n) is 7.87. The van der Waals surface area contributed by atoms with Gasteiger partial charge in [0.2, 0.25) is 0 Å². The highest BCUT2D eigenvalue weighted by atomic mass is 32.2. The van der Waals surface area contributed by atoms with E-state index in [1.54, 1.807) is 0 Å². The summed E-state index contributed by atoms with van der Waals surface area (Å²) in [5, 5.41) is 33.8. The minimum absolute atomic E-state index is 0.0152. The Morgan fingerprint density at radius 1 is 1.11 bits per heavy atom. The van der Waals surface area contributed by atoms with Gasteiger partial charge in [0, 0.05) is 6.42 Å². The van der Waals surface area contributed by atoms with Gasteiger partial charge >= 0.3 is 17.9 Å². The summed E-state index contributed by atoms with van der Waals surface area (Å²) < 4.78 is 31.0. The van der Waals surface area contributed by atoms with E-state index < -0.39 is 57.6 Å². The van der Waals surface area contributed by atoms with Crippen LogP contribution in [0.25, 0.3) is 0 Å². The maximum absolute atomic E-state index is 11.9. The van der Waals surface area contributed by atoms with Gasteiger partial charge in [0.1, 0.15) is 5.78 Å². The van der Waals surface area contributed by atoms with Crippen molar-refractivity contribution >= 4 is 33.8 Å². The molecule has 0 aliphatic heterocycles. The topological polar surface area (TPSA) is 204 Å². The van der Waals surface area contributed by atoms with Gasteiger partial charge in [-0.3, -0.25) is 18.9 Å². The second kappa shape index (κ2) is 7.76. The highest BCUT2D eigenvalue weighted by molar-refractivity contribution is 7.85. The molecular formula is C16H24O11S. The van der Waals surface area contributed by atoms with Crippen LogP contribution >= 0.6 is 0 Å².